The van der Waals surface area contributed by atoms with Gasteiger partial charge in [-0.1, -0.05) is 18.2 Å². The highest BCUT2D eigenvalue weighted by Crippen LogP contribution is 2.15. The summed E-state index contributed by atoms with van der Waals surface area (Å²) in [4.78, 5) is 42.9. The second-order valence-corrected chi connectivity index (χ2v) is 6.14. The zero-order valence-corrected chi connectivity index (χ0v) is 15.5. The number of halogens is 1. The first-order valence-electron chi connectivity index (χ1n) is 8.73. The molecule has 0 bridgehead atoms. The van der Waals surface area contributed by atoms with E-state index in [-0.39, 0.29) is 30.5 Å². The molecule has 3 aromatic rings. The average molecular weight is 382 g/mol. The smallest absolute Gasteiger partial charge is 0.294 e. The van der Waals surface area contributed by atoms with Gasteiger partial charge >= 0.3 is 0 Å². The third kappa shape index (κ3) is 3.90. The van der Waals surface area contributed by atoms with Crippen LogP contribution in [0.3, 0.4) is 0 Å². The van der Waals surface area contributed by atoms with Crippen molar-refractivity contribution in [3.63, 3.8) is 0 Å². The summed E-state index contributed by atoms with van der Waals surface area (Å²) in [5.74, 6) is -1.34. The van der Waals surface area contributed by atoms with Crippen LogP contribution in [-0.4, -0.2) is 27.9 Å². The molecular formula is C20H19FN4O3. The molecule has 28 heavy (non-hydrogen) atoms. The first kappa shape index (κ1) is 19.2. The highest BCUT2D eigenvalue weighted by atomic mass is 19.1. The molecule has 1 N–H and O–H groups in total. The van der Waals surface area contributed by atoms with Crippen LogP contribution >= 0.6 is 0 Å². The van der Waals surface area contributed by atoms with Crippen LogP contribution in [-0.2, 0) is 16.1 Å². The zero-order valence-electron chi connectivity index (χ0n) is 15.5. The van der Waals surface area contributed by atoms with Gasteiger partial charge < -0.3 is 5.32 Å². The van der Waals surface area contributed by atoms with Crippen molar-refractivity contribution in [2.24, 2.45) is 0 Å². The van der Waals surface area contributed by atoms with Crippen LogP contribution in [0.15, 0.2) is 53.3 Å². The monoisotopic (exact) mass is 382 g/mol. The molecule has 2 amide bonds. The molecule has 8 heteroatoms. The lowest BCUT2D eigenvalue weighted by molar-refractivity contribution is -0.117. The normalized spacial score (nSPS) is 10.7. The predicted molar refractivity (Wildman–Crippen MR) is 105 cm³/mol. The summed E-state index contributed by atoms with van der Waals surface area (Å²) in [5.41, 5.74) is 0.682. The number of carbonyl (C=O) groups is 2. The number of para-hydroxylation sites is 2. The molecule has 1 heterocycles. The van der Waals surface area contributed by atoms with Crippen molar-refractivity contribution in [2.75, 3.05) is 16.8 Å². The van der Waals surface area contributed by atoms with Crippen LogP contribution in [0.4, 0.5) is 15.9 Å². The van der Waals surface area contributed by atoms with Crippen LogP contribution in [0, 0.1) is 5.82 Å². The molecule has 0 atom stereocenters. The molecule has 0 radical (unpaired) electrons. The molecule has 0 aliphatic heterocycles. The Bertz CT molecular complexity index is 1110. The second kappa shape index (κ2) is 7.99. The molecule has 144 valence electrons. The van der Waals surface area contributed by atoms with Crippen molar-refractivity contribution in [1.82, 2.24) is 9.55 Å². The summed E-state index contributed by atoms with van der Waals surface area (Å²) in [6.07, 6.45) is 0. The minimum atomic E-state index is -0.551. The lowest BCUT2D eigenvalue weighted by Gasteiger charge is -2.19. The Labute approximate surface area is 160 Å². The van der Waals surface area contributed by atoms with Gasteiger partial charge in [-0.25, -0.2) is 9.37 Å². The predicted octanol–water partition coefficient (Wildman–Crippen LogP) is 2.55. The minimum Gasteiger partial charge on any atom is -0.324 e. The van der Waals surface area contributed by atoms with Gasteiger partial charge in [-0.15, -0.1) is 0 Å². The third-order valence-corrected chi connectivity index (χ3v) is 4.20. The molecule has 2 aromatic carbocycles. The number of nitrogens with zero attached hydrogens (tertiary/aromatic N) is 3. The number of hydrogen-bond donors (Lipinski definition) is 1. The molecule has 1 aromatic heterocycles. The molecule has 7 nitrogen and oxygen atoms in total. The number of fused-ring (bicyclic) bond motifs is 1. The lowest BCUT2D eigenvalue weighted by Crippen LogP contribution is -2.38. The van der Waals surface area contributed by atoms with Gasteiger partial charge in [-0.3, -0.25) is 23.9 Å². The number of anilines is 2. The van der Waals surface area contributed by atoms with E-state index in [0.717, 1.165) is 0 Å². The molecule has 3 rings (SSSR count). The van der Waals surface area contributed by atoms with Gasteiger partial charge in [0, 0.05) is 19.2 Å². The summed E-state index contributed by atoms with van der Waals surface area (Å²) in [5, 5.41) is 2.57. The number of rotatable bonds is 5. The van der Waals surface area contributed by atoms with E-state index in [1.807, 2.05) is 0 Å². The lowest BCUT2D eigenvalue weighted by atomic mass is 10.2. The Morgan fingerprint density at radius 2 is 1.93 bits per heavy atom. The molecule has 0 saturated heterocycles. The zero-order chi connectivity index (χ0) is 20.3. The number of amides is 2. The summed E-state index contributed by atoms with van der Waals surface area (Å²) < 4.78 is 14.6. The van der Waals surface area contributed by atoms with Crippen molar-refractivity contribution in [1.29, 1.82) is 0 Å². The average Bonchev–Trinajstić information content (AvgIpc) is 2.65. The molecule has 0 spiro atoms. The van der Waals surface area contributed by atoms with Crippen LogP contribution in [0.5, 0.6) is 0 Å². The quantitative estimate of drug-likeness (QED) is 0.735. The molecular weight excluding hydrogens is 363 g/mol. The molecule has 0 aliphatic rings. The summed E-state index contributed by atoms with van der Waals surface area (Å²) in [6, 6.07) is 12.3. The summed E-state index contributed by atoms with van der Waals surface area (Å²) in [7, 11) is 0. The fraction of sp³-hybridized carbons (Fsp3) is 0.200. The van der Waals surface area contributed by atoms with Crippen molar-refractivity contribution >= 4 is 34.4 Å². The Hall–Kier alpha value is -3.55. The van der Waals surface area contributed by atoms with E-state index in [2.05, 4.69) is 10.3 Å². The maximum absolute atomic E-state index is 13.3. The number of aromatic nitrogens is 2. The number of carbonyl (C=O) groups excluding carboxylic acids is 2. The van der Waals surface area contributed by atoms with Crippen LogP contribution < -0.4 is 15.8 Å². The third-order valence-electron chi connectivity index (χ3n) is 4.20. The topological polar surface area (TPSA) is 84.3 Å². The largest absolute Gasteiger partial charge is 0.324 e. The maximum atomic E-state index is 13.3. The van der Waals surface area contributed by atoms with E-state index in [9.17, 15) is 18.8 Å². The van der Waals surface area contributed by atoms with E-state index >= 15 is 0 Å². The van der Waals surface area contributed by atoms with E-state index in [0.29, 0.717) is 11.0 Å². The van der Waals surface area contributed by atoms with Crippen molar-refractivity contribution in [3.05, 3.63) is 64.7 Å². The first-order chi connectivity index (χ1) is 13.4. The van der Waals surface area contributed by atoms with Gasteiger partial charge in [0.1, 0.15) is 12.4 Å². The highest BCUT2D eigenvalue weighted by molar-refractivity contribution is 5.93. The van der Waals surface area contributed by atoms with Gasteiger partial charge in [0.2, 0.25) is 17.6 Å². The molecule has 0 aliphatic carbocycles. The van der Waals surface area contributed by atoms with Crippen LogP contribution in [0.1, 0.15) is 13.8 Å². The Morgan fingerprint density at radius 1 is 1.18 bits per heavy atom. The van der Waals surface area contributed by atoms with Crippen LogP contribution in [0.25, 0.3) is 11.0 Å². The Kier molecular flexibility index (Phi) is 5.49. The standard InChI is InChI=1S/C20H19FN4O3/c1-3-24(13(2)26)19-20(28)25(17-10-5-4-9-16(17)23-19)12-18(27)22-15-8-6-7-14(21)11-15/h4-11H,3,12H2,1-2H3,(H,22,27). The van der Waals surface area contributed by atoms with Gasteiger partial charge in [0.15, 0.2) is 0 Å². The van der Waals surface area contributed by atoms with E-state index in [1.54, 1.807) is 37.3 Å². The van der Waals surface area contributed by atoms with Gasteiger partial charge in [0.25, 0.3) is 5.56 Å². The Balaban J connectivity index is 2.03. The number of nitrogens with one attached hydrogen (secondary N) is 1. The highest BCUT2D eigenvalue weighted by Gasteiger charge is 2.20. The van der Waals surface area contributed by atoms with E-state index < -0.39 is 17.3 Å². The fourth-order valence-corrected chi connectivity index (χ4v) is 2.94. The van der Waals surface area contributed by atoms with E-state index in [4.69, 9.17) is 0 Å². The van der Waals surface area contributed by atoms with E-state index in [1.165, 1.54) is 34.6 Å². The number of benzene rings is 2. The van der Waals surface area contributed by atoms with Gasteiger partial charge in [-0.05, 0) is 37.3 Å². The van der Waals surface area contributed by atoms with Crippen molar-refractivity contribution in [2.45, 2.75) is 20.4 Å². The Morgan fingerprint density at radius 3 is 2.61 bits per heavy atom. The van der Waals surface area contributed by atoms with Crippen molar-refractivity contribution in [3.8, 4) is 0 Å². The van der Waals surface area contributed by atoms with Crippen LogP contribution in [0.2, 0.25) is 0 Å². The summed E-state index contributed by atoms with van der Waals surface area (Å²) in [6.45, 7) is 3.05. The SMILES string of the molecule is CCN(C(C)=O)c1nc2ccccc2n(CC(=O)Nc2cccc(F)c2)c1=O. The van der Waals surface area contributed by atoms with Gasteiger partial charge in [-0.2, -0.15) is 0 Å². The first-order valence-corrected chi connectivity index (χ1v) is 8.73. The number of hydrogen-bond acceptors (Lipinski definition) is 4. The minimum absolute atomic E-state index is 0.0349. The molecule has 0 unspecified atom stereocenters. The molecule has 0 saturated carbocycles. The van der Waals surface area contributed by atoms with Gasteiger partial charge in [0.05, 0.1) is 11.0 Å². The van der Waals surface area contributed by atoms with Crippen molar-refractivity contribution < 1.29 is 14.0 Å². The second-order valence-electron chi connectivity index (χ2n) is 6.14. The fourth-order valence-electron chi connectivity index (χ4n) is 2.94. The maximum Gasteiger partial charge on any atom is 0.294 e. The summed E-state index contributed by atoms with van der Waals surface area (Å²) >= 11 is 0. The molecule has 0 fully saturated rings.